The van der Waals surface area contributed by atoms with Crippen LogP contribution in [0.2, 0.25) is 0 Å². The Morgan fingerprint density at radius 3 is 2.50 bits per heavy atom. The Hall–Kier alpha value is -2.60. The highest BCUT2D eigenvalue weighted by atomic mass is 32.1. The van der Waals surface area contributed by atoms with Crippen molar-refractivity contribution in [3.63, 3.8) is 0 Å². The average molecular weight is 398 g/mol. The van der Waals surface area contributed by atoms with Crippen LogP contribution < -0.4 is 15.0 Å². The average Bonchev–Trinajstić information content (AvgIpc) is 2.74. The third-order valence-corrected chi connectivity index (χ3v) is 5.28. The van der Waals surface area contributed by atoms with Crippen molar-refractivity contribution in [3.8, 4) is 5.75 Å². The minimum Gasteiger partial charge on any atom is -0.491 e. The van der Waals surface area contributed by atoms with Crippen LogP contribution in [0, 0.1) is 0 Å². The van der Waals surface area contributed by atoms with Crippen LogP contribution in [0.4, 0.5) is 5.69 Å². The number of thiocarbonyl (C=S) groups is 1. The van der Waals surface area contributed by atoms with Crippen molar-refractivity contribution < 1.29 is 9.53 Å². The minimum absolute atomic E-state index is 0.111. The van der Waals surface area contributed by atoms with E-state index in [9.17, 15) is 4.79 Å². The molecule has 1 saturated heterocycles. The van der Waals surface area contributed by atoms with Crippen LogP contribution in [0.3, 0.4) is 0 Å². The molecular formula is C22H27N3O2S. The largest absolute Gasteiger partial charge is 0.491 e. The molecule has 1 unspecified atom stereocenters. The molecule has 1 heterocycles. The predicted molar refractivity (Wildman–Crippen MR) is 117 cm³/mol. The fourth-order valence-electron chi connectivity index (χ4n) is 3.08. The molecule has 0 saturated carbocycles. The highest BCUT2D eigenvalue weighted by Gasteiger charge is 2.20. The van der Waals surface area contributed by atoms with Gasteiger partial charge >= 0.3 is 0 Å². The molecule has 148 valence electrons. The highest BCUT2D eigenvalue weighted by molar-refractivity contribution is 7.80. The van der Waals surface area contributed by atoms with Crippen molar-refractivity contribution in [1.82, 2.24) is 10.2 Å². The summed E-state index contributed by atoms with van der Waals surface area (Å²) >= 11 is 5.47. The molecule has 0 spiro atoms. The van der Waals surface area contributed by atoms with Gasteiger partial charge in [-0.3, -0.25) is 10.1 Å². The lowest BCUT2D eigenvalue weighted by molar-refractivity contribution is 0.0972. The lowest BCUT2D eigenvalue weighted by Crippen LogP contribution is -2.52. The van der Waals surface area contributed by atoms with E-state index in [-0.39, 0.29) is 12.0 Å². The number of piperazine rings is 1. The zero-order chi connectivity index (χ0) is 19.9. The van der Waals surface area contributed by atoms with Crippen LogP contribution in [0.1, 0.15) is 30.6 Å². The van der Waals surface area contributed by atoms with Crippen LogP contribution in [0.25, 0.3) is 0 Å². The van der Waals surface area contributed by atoms with Gasteiger partial charge in [-0.25, -0.2) is 0 Å². The van der Waals surface area contributed by atoms with E-state index in [1.807, 2.05) is 42.2 Å². The number of hydrogen-bond acceptors (Lipinski definition) is 4. The van der Waals surface area contributed by atoms with Gasteiger partial charge in [0.15, 0.2) is 5.11 Å². The number of rotatable bonds is 5. The molecule has 0 aromatic heterocycles. The minimum atomic E-state index is -0.204. The Morgan fingerprint density at radius 1 is 1.11 bits per heavy atom. The summed E-state index contributed by atoms with van der Waals surface area (Å²) in [7, 11) is 0. The van der Waals surface area contributed by atoms with E-state index in [0.29, 0.717) is 16.4 Å². The van der Waals surface area contributed by atoms with Gasteiger partial charge in [-0.05, 0) is 55.9 Å². The van der Waals surface area contributed by atoms with E-state index in [1.54, 1.807) is 12.1 Å². The van der Waals surface area contributed by atoms with Crippen LogP contribution in [0.5, 0.6) is 5.75 Å². The van der Waals surface area contributed by atoms with Crippen molar-refractivity contribution in [1.29, 1.82) is 0 Å². The van der Waals surface area contributed by atoms with E-state index >= 15 is 0 Å². The summed E-state index contributed by atoms with van der Waals surface area (Å²) in [5, 5.41) is 3.34. The maximum atomic E-state index is 12.6. The number of anilines is 1. The number of para-hydroxylation sites is 1. The Morgan fingerprint density at radius 2 is 1.82 bits per heavy atom. The summed E-state index contributed by atoms with van der Waals surface area (Å²) in [6.07, 6.45) is 1.02. The predicted octanol–water partition coefficient (Wildman–Crippen LogP) is 3.70. The van der Waals surface area contributed by atoms with Gasteiger partial charge in [0.2, 0.25) is 0 Å². The van der Waals surface area contributed by atoms with Crippen molar-refractivity contribution in [2.45, 2.75) is 26.4 Å². The molecule has 28 heavy (non-hydrogen) atoms. The first-order valence-corrected chi connectivity index (χ1v) is 10.1. The summed E-state index contributed by atoms with van der Waals surface area (Å²) < 4.78 is 5.80. The topological polar surface area (TPSA) is 44.8 Å². The first kappa shape index (κ1) is 20.1. The van der Waals surface area contributed by atoms with Crippen molar-refractivity contribution >= 4 is 28.9 Å². The molecule has 0 bridgehead atoms. The molecule has 1 aliphatic heterocycles. The number of amides is 1. The highest BCUT2D eigenvalue weighted by Crippen LogP contribution is 2.17. The third kappa shape index (κ3) is 5.23. The lowest BCUT2D eigenvalue weighted by atomic mass is 10.2. The number of ether oxygens (including phenoxy) is 1. The van der Waals surface area contributed by atoms with E-state index in [1.165, 1.54) is 5.69 Å². The van der Waals surface area contributed by atoms with Crippen molar-refractivity contribution in [2.24, 2.45) is 0 Å². The number of carbonyl (C=O) groups is 1. The second kappa shape index (κ2) is 9.55. The van der Waals surface area contributed by atoms with Crippen molar-refractivity contribution in [2.75, 3.05) is 31.1 Å². The smallest absolute Gasteiger partial charge is 0.257 e. The number of nitrogens with one attached hydrogen (secondary N) is 1. The quantitative estimate of drug-likeness (QED) is 0.780. The molecule has 0 radical (unpaired) electrons. The van der Waals surface area contributed by atoms with Gasteiger partial charge < -0.3 is 14.5 Å². The maximum Gasteiger partial charge on any atom is 0.257 e. The van der Waals surface area contributed by atoms with Crippen LogP contribution in [0.15, 0.2) is 54.6 Å². The molecule has 1 aliphatic rings. The monoisotopic (exact) mass is 397 g/mol. The molecule has 1 N–H and O–H groups in total. The number of nitrogens with zero attached hydrogens (tertiary/aromatic N) is 2. The van der Waals surface area contributed by atoms with E-state index in [4.69, 9.17) is 17.0 Å². The summed E-state index contributed by atoms with van der Waals surface area (Å²) in [5.74, 6) is 0.495. The first-order valence-electron chi connectivity index (χ1n) is 9.73. The zero-order valence-electron chi connectivity index (χ0n) is 16.4. The second-order valence-electron chi connectivity index (χ2n) is 6.93. The van der Waals surface area contributed by atoms with Crippen LogP contribution in [-0.4, -0.2) is 48.2 Å². The first-order chi connectivity index (χ1) is 13.6. The summed E-state index contributed by atoms with van der Waals surface area (Å²) in [5.41, 5.74) is 1.77. The van der Waals surface area contributed by atoms with Gasteiger partial charge in [-0.15, -0.1) is 0 Å². The molecule has 2 aromatic rings. The molecule has 1 atom stereocenters. The third-order valence-electron chi connectivity index (χ3n) is 4.92. The number of carbonyl (C=O) groups excluding carboxylic acids is 1. The van der Waals surface area contributed by atoms with Crippen LogP contribution >= 0.6 is 12.2 Å². The number of hydrogen-bond donors (Lipinski definition) is 1. The fourth-order valence-corrected chi connectivity index (χ4v) is 3.36. The molecule has 5 nitrogen and oxygen atoms in total. The number of benzene rings is 2. The SMILES string of the molecule is CCC(C)Oc1cccc(C(=O)NC(=S)N2CCN(c3ccccc3)CC2)c1. The van der Waals surface area contributed by atoms with Gasteiger partial charge in [-0.1, -0.05) is 31.2 Å². The molecule has 0 aliphatic carbocycles. The zero-order valence-corrected chi connectivity index (χ0v) is 17.2. The molecule has 1 amide bonds. The van der Waals surface area contributed by atoms with Gasteiger partial charge in [0.05, 0.1) is 6.10 Å². The van der Waals surface area contributed by atoms with Crippen molar-refractivity contribution in [3.05, 3.63) is 60.2 Å². The fraction of sp³-hybridized carbons (Fsp3) is 0.364. The van der Waals surface area contributed by atoms with Crippen LogP contribution in [-0.2, 0) is 0 Å². The van der Waals surface area contributed by atoms with E-state index in [0.717, 1.165) is 32.6 Å². The Labute approximate surface area is 172 Å². The lowest BCUT2D eigenvalue weighted by Gasteiger charge is -2.37. The van der Waals surface area contributed by atoms with Gasteiger partial charge in [0.25, 0.3) is 5.91 Å². The molecule has 6 heteroatoms. The Balaban J connectivity index is 1.54. The standard InChI is InChI=1S/C22H27N3O2S/c1-3-17(2)27-20-11-7-8-18(16-20)21(26)23-22(28)25-14-12-24(13-15-25)19-9-5-4-6-10-19/h4-11,16-17H,3,12-15H2,1-2H3,(H,23,26,28). The summed E-state index contributed by atoms with van der Waals surface area (Å²) in [6.45, 7) is 7.39. The van der Waals surface area contributed by atoms with Gasteiger partial charge in [0, 0.05) is 37.4 Å². The second-order valence-corrected chi connectivity index (χ2v) is 7.32. The van der Waals surface area contributed by atoms with E-state index in [2.05, 4.69) is 29.3 Å². The Bertz CT molecular complexity index is 804. The van der Waals surface area contributed by atoms with E-state index < -0.39 is 0 Å². The van der Waals surface area contributed by atoms with Gasteiger partial charge in [0.1, 0.15) is 5.75 Å². The molecule has 1 fully saturated rings. The summed E-state index contributed by atoms with van der Waals surface area (Å²) in [6, 6.07) is 17.6. The molecule has 2 aromatic carbocycles. The molecule has 3 rings (SSSR count). The molecular weight excluding hydrogens is 370 g/mol. The Kier molecular flexibility index (Phi) is 6.87. The maximum absolute atomic E-state index is 12.6. The normalized spacial score (nSPS) is 15.1. The van der Waals surface area contributed by atoms with Gasteiger partial charge in [-0.2, -0.15) is 0 Å². The summed E-state index contributed by atoms with van der Waals surface area (Å²) in [4.78, 5) is 17.0.